The van der Waals surface area contributed by atoms with Gasteiger partial charge in [-0.25, -0.2) is 0 Å². The van der Waals surface area contributed by atoms with Crippen molar-refractivity contribution < 1.29 is 5.11 Å². The minimum Gasteiger partial charge on any atom is -0.394 e. The number of nitrogens with zero attached hydrogens (tertiary/aromatic N) is 2. The van der Waals surface area contributed by atoms with Crippen LogP contribution in [0.1, 0.15) is 39.7 Å². The van der Waals surface area contributed by atoms with E-state index in [1.165, 1.54) is 0 Å². The van der Waals surface area contributed by atoms with Crippen molar-refractivity contribution in [3.63, 3.8) is 0 Å². The monoisotopic (exact) mass is 303 g/mol. The van der Waals surface area contributed by atoms with Gasteiger partial charge in [0, 0.05) is 11.7 Å². The Hall–Kier alpha value is -0.390. The quantitative estimate of drug-likeness (QED) is 0.813. The van der Waals surface area contributed by atoms with Crippen molar-refractivity contribution in [2.75, 3.05) is 13.2 Å². The number of hydrogen-bond acceptors (Lipinski definition) is 3. The summed E-state index contributed by atoms with van der Waals surface area (Å²) < 4.78 is 2.91. The van der Waals surface area contributed by atoms with Gasteiger partial charge in [-0.1, -0.05) is 6.92 Å². The molecule has 1 heterocycles. The van der Waals surface area contributed by atoms with E-state index in [-0.39, 0.29) is 18.2 Å². The Balaban J connectivity index is 2.61. The van der Waals surface area contributed by atoms with Crippen molar-refractivity contribution in [2.45, 2.75) is 45.2 Å². The van der Waals surface area contributed by atoms with E-state index in [1.807, 2.05) is 10.9 Å². The summed E-state index contributed by atoms with van der Waals surface area (Å²) in [5, 5.41) is 17.2. The molecule has 2 unspecified atom stereocenters. The average molecular weight is 304 g/mol. The number of rotatable bonds is 7. The van der Waals surface area contributed by atoms with Gasteiger partial charge < -0.3 is 10.4 Å². The largest absolute Gasteiger partial charge is 0.394 e. The van der Waals surface area contributed by atoms with E-state index < -0.39 is 0 Å². The lowest BCUT2D eigenvalue weighted by atomic mass is 9.94. The molecule has 0 amide bonds. The summed E-state index contributed by atoms with van der Waals surface area (Å²) in [6.45, 7) is 7.35. The maximum atomic E-state index is 9.51. The molecule has 4 nitrogen and oxygen atoms in total. The van der Waals surface area contributed by atoms with Crippen LogP contribution in [0.3, 0.4) is 0 Å². The SMILES string of the molecule is CCCNC(C)(CO)CC(C)n1cc(Br)cn1. The minimum atomic E-state index is -0.242. The summed E-state index contributed by atoms with van der Waals surface area (Å²) in [5.74, 6) is 0. The Kier molecular flexibility index (Phi) is 5.62. The van der Waals surface area contributed by atoms with Crippen molar-refractivity contribution >= 4 is 15.9 Å². The van der Waals surface area contributed by atoms with Crippen LogP contribution < -0.4 is 5.32 Å². The van der Waals surface area contributed by atoms with Gasteiger partial charge in [0.05, 0.1) is 23.3 Å². The molecule has 2 atom stereocenters. The van der Waals surface area contributed by atoms with Crippen molar-refractivity contribution in [2.24, 2.45) is 0 Å². The van der Waals surface area contributed by atoms with Gasteiger partial charge in [-0.2, -0.15) is 5.10 Å². The molecule has 0 aliphatic carbocycles. The number of aromatic nitrogens is 2. The zero-order valence-corrected chi connectivity index (χ0v) is 12.4. The molecule has 2 N–H and O–H groups in total. The third-order valence-corrected chi connectivity index (χ3v) is 3.33. The lowest BCUT2D eigenvalue weighted by molar-refractivity contribution is 0.149. The molecular formula is C12H22BrN3O. The van der Waals surface area contributed by atoms with Crippen LogP contribution in [0.2, 0.25) is 0 Å². The Bertz CT molecular complexity index is 342. The van der Waals surface area contributed by atoms with Gasteiger partial charge in [0.1, 0.15) is 0 Å². The molecule has 1 aromatic heterocycles. The summed E-state index contributed by atoms with van der Waals surface area (Å²) in [5.41, 5.74) is -0.242. The van der Waals surface area contributed by atoms with Crippen LogP contribution in [0.15, 0.2) is 16.9 Å². The van der Waals surface area contributed by atoms with Crippen molar-refractivity contribution in [1.29, 1.82) is 0 Å². The highest BCUT2D eigenvalue weighted by Gasteiger charge is 2.25. The van der Waals surface area contributed by atoms with Gasteiger partial charge in [0.2, 0.25) is 0 Å². The van der Waals surface area contributed by atoms with E-state index in [0.29, 0.717) is 0 Å². The van der Waals surface area contributed by atoms with Crippen molar-refractivity contribution in [3.8, 4) is 0 Å². The highest BCUT2D eigenvalue weighted by molar-refractivity contribution is 9.10. The predicted molar refractivity (Wildman–Crippen MR) is 73.0 cm³/mol. The van der Waals surface area contributed by atoms with Crippen LogP contribution in [-0.2, 0) is 0 Å². The number of nitrogens with one attached hydrogen (secondary N) is 1. The van der Waals surface area contributed by atoms with Crippen LogP contribution in [0.25, 0.3) is 0 Å². The lowest BCUT2D eigenvalue weighted by Gasteiger charge is -2.31. The highest BCUT2D eigenvalue weighted by atomic mass is 79.9. The second kappa shape index (κ2) is 6.52. The fraction of sp³-hybridized carbons (Fsp3) is 0.750. The summed E-state index contributed by atoms with van der Waals surface area (Å²) in [6, 6.07) is 0.253. The molecule has 0 aliphatic heterocycles. The van der Waals surface area contributed by atoms with Gasteiger partial charge >= 0.3 is 0 Å². The average Bonchev–Trinajstić information content (AvgIpc) is 2.73. The fourth-order valence-electron chi connectivity index (χ4n) is 1.92. The van der Waals surface area contributed by atoms with E-state index in [2.05, 4.69) is 47.1 Å². The van der Waals surface area contributed by atoms with E-state index in [9.17, 15) is 5.11 Å². The molecule has 1 aromatic rings. The molecule has 0 saturated carbocycles. The zero-order valence-electron chi connectivity index (χ0n) is 10.8. The second-order valence-corrected chi connectivity index (χ2v) is 5.75. The van der Waals surface area contributed by atoms with Crippen LogP contribution in [0, 0.1) is 0 Å². The van der Waals surface area contributed by atoms with Gasteiger partial charge in [0.25, 0.3) is 0 Å². The second-order valence-electron chi connectivity index (χ2n) is 4.84. The van der Waals surface area contributed by atoms with Gasteiger partial charge in [-0.05, 0) is 49.2 Å². The van der Waals surface area contributed by atoms with E-state index in [4.69, 9.17) is 0 Å². The molecule has 0 aromatic carbocycles. The number of aliphatic hydroxyl groups is 1. The molecule has 1 rings (SSSR count). The first-order valence-electron chi connectivity index (χ1n) is 6.06. The molecule has 17 heavy (non-hydrogen) atoms. The Morgan fingerprint density at radius 3 is 2.82 bits per heavy atom. The first-order chi connectivity index (χ1) is 8.00. The minimum absolute atomic E-state index is 0.139. The fourth-order valence-corrected chi connectivity index (χ4v) is 2.22. The van der Waals surface area contributed by atoms with E-state index >= 15 is 0 Å². The maximum absolute atomic E-state index is 9.51. The first-order valence-corrected chi connectivity index (χ1v) is 6.85. The Morgan fingerprint density at radius 2 is 2.35 bits per heavy atom. The van der Waals surface area contributed by atoms with Crippen LogP contribution in [0.5, 0.6) is 0 Å². The normalized spacial score (nSPS) is 16.8. The maximum Gasteiger partial charge on any atom is 0.0632 e. The predicted octanol–water partition coefficient (Wildman–Crippen LogP) is 2.35. The first kappa shape index (κ1) is 14.7. The molecule has 0 saturated heterocycles. The van der Waals surface area contributed by atoms with Crippen LogP contribution in [0.4, 0.5) is 0 Å². The molecule has 98 valence electrons. The zero-order chi connectivity index (χ0) is 12.9. The summed E-state index contributed by atoms with van der Waals surface area (Å²) in [4.78, 5) is 0. The van der Waals surface area contributed by atoms with E-state index in [0.717, 1.165) is 23.9 Å². The summed E-state index contributed by atoms with van der Waals surface area (Å²) in [6.07, 6.45) is 5.66. The number of aliphatic hydroxyl groups excluding tert-OH is 1. The standard InChI is InChI=1S/C12H22BrN3O/c1-4-5-14-12(3,9-17)6-10(2)16-8-11(13)7-15-16/h7-8,10,14,17H,4-6,9H2,1-3H3. The molecular weight excluding hydrogens is 282 g/mol. The summed E-state index contributed by atoms with van der Waals surface area (Å²) in [7, 11) is 0. The van der Waals surface area contributed by atoms with Gasteiger partial charge in [-0.3, -0.25) is 4.68 Å². The topological polar surface area (TPSA) is 50.1 Å². The number of halogens is 1. The van der Waals surface area contributed by atoms with Gasteiger partial charge in [0.15, 0.2) is 0 Å². The van der Waals surface area contributed by atoms with Crippen molar-refractivity contribution in [1.82, 2.24) is 15.1 Å². The third kappa shape index (κ3) is 4.41. The molecule has 0 fully saturated rings. The highest BCUT2D eigenvalue weighted by Crippen LogP contribution is 2.21. The van der Waals surface area contributed by atoms with E-state index in [1.54, 1.807) is 6.20 Å². The van der Waals surface area contributed by atoms with Crippen LogP contribution in [-0.4, -0.2) is 33.6 Å². The van der Waals surface area contributed by atoms with Gasteiger partial charge in [-0.15, -0.1) is 0 Å². The Labute approximate surface area is 112 Å². The van der Waals surface area contributed by atoms with Crippen LogP contribution >= 0.6 is 15.9 Å². The number of hydrogen-bond donors (Lipinski definition) is 2. The molecule has 5 heteroatoms. The van der Waals surface area contributed by atoms with Crippen molar-refractivity contribution in [3.05, 3.63) is 16.9 Å². The third-order valence-electron chi connectivity index (χ3n) is 2.92. The summed E-state index contributed by atoms with van der Waals surface area (Å²) >= 11 is 3.39. The Morgan fingerprint density at radius 1 is 1.65 bits per heavy atom. The molecule has 0 bridgehead atoms. The molecule has 0 aliphatic rings. The smallest absolute Gasteiger partial charge is 0.0632 e. The molecule has 0 spiro atoms. The lowest BCUT2D eigenvalue weighted by Crippen LogP contribution is -2.47. The molecule has 0 radical (unpaired) electrons.